The van der Waals surface area contributed by atoms with Crippen LogP contribution < -0.4 is 0 Å². The second kappa shape index (κ2) is 3.62. The van der Waals surface area contributed by atoms with Crippen molar-refractivity contribution in [2.75, 3.05) is 0 Å². The van der Waals surface area contributed by atoms with E-state index in [2.05, 4.69) is 4.98 Å². The van der Waals surface area contributed by atoms with Gasteiger partial charge in [0, 0.05) is 6.07 Å². The van der Waals surface area contributed by atoms with Crippen LogP contribution in [0.5, 0.6) is 0 Å². The molecule has 1 rings (SSSR count). The zero-order chi connectivity index (χ0) is 8.27. The maximum atomic E-state index is 12.6. The van der Waals surface area contributed by atoms with Crippen LogP contribution >= 0.6 is 22.6 Å². The molecule has 0 atom stereocenters. The van der Waals surface area contributed by atoms with Crippen LogP contribution in [0.1, 0.15) is 5.69 Å². The first-order valence-electron chi connectivity index (χ1n) is 2.91. The number of aromatic nitrogens is 1. The van der Waals surface area contributed by atoms with Crippen molar-refractivity contribution in [2.24, 2.45) is 0 Å². The van der Waals surface area contributed by atoms with Crippen molar-refractivity contribution in [2.45, 2.75) is 6.42 Å². The molecule has 0 bridgehead atoms. The summed E-state index contributed by atoms with van der Waals surface area (Å²) in [5.74, 6) is -0.338. The number of nitrogens with zero attached hydrogens (tertiary/aromatic N) is 2. The molecule has 11 heavy (non-hydrogen) atoms. The zero-order valence-electron chi connectivity index (χ0n) is 5.51. The highest BCUT2D eigenvalue weighted by Crippen LogP contribution is 2.06. The Morgan fingerprint density at radius 1 is 1.64 bits per heavy atom. The fourth-order valence-corrected chi connectivity index (χ4v) is 1.30. The summed E-state index contributed by atoms with van der Waals surface area (Å²) in [6.07, 6.45) is 0.160. The van der Waals surface area contributed by atoms with E-state index in [1.165, 1.54) is 12.1 Å². The van der Waals surface area contributed by atoms with Gasteiger partial charge in [-0.1, -0.05) is 0 Å². The van der Waals surface area contributed by atoms with Crippen LogP contribution in [0.2, 0.25) is 0 Å². The van der Waals surface area contributed by atoms with Crippen molar-refractivity contribution in [3.05, 3.63) is 27.3 Å². The maximum absolute atomic E-state index is 12.6. The quantitative estimate of drug-likeness (QED) is 0.572. The van der Waals surface area contributed by atoms with Gasteiger partial charge in [-0.3, -0.25) is 0 Å². The summed E-state index contributed by atoms with van der Waals surface area (Å²) in [5.41, 5.74) is 0.483. The van der Waals surface area contributed by atoms with E-state index in [1.807, 2.05) is 28.7 Å². The first-order chi connectivity index (χ1) is 5.22. The molecule has 0 saturated heterocycles. The Hall–Kier alpha value is -0.700. The third-order valence-corrected chi connectivity index (χ3v) is 1.62. The van der Waals surface area contributed by atoms with E-state index < -0.39 is 0 Å². The van der Waals surface area contributed by atoms with Crippen molar-refractivity contribution in [3.8, 4) is 6.07 Å². The molecule has 0 aliphatic carbocycles. The lowest BCUT2D eigenvalue weighted by Gasteiger charge is -1.94. The normalized spacial score (nSPS) is 9.18. The molecule has 0 aromatic carbocycles. The van der Waals surface area contributed by atoms with Gasteiger partial charge in [0.1, 0.15) is 9.52 Å². The van der Waals surface area contributed by atoms with Crippen LogP contribution in [0, 0.1) is 20.8 Å². The highest BCUT2D eigenvalue weighted by molar-refractivity contribution is 14.1. The lowest BCUT2D eigenvalue weighted by molar-refractivity contribution is 0.621. The summed E-state index contributed by atoms with van der Waals surface area (Å²) >= 11 is 1.91. The van der Waals surface area contributed by atoms with Gasteiger partial charge in [-0.2, -0.15) is 5.26 Å². The van der Waals surface area contributed by atoms with E-state index in [0.29, 0.717) is 9.39 Å². The average Bonchev–Trinajstić information content (AvgIpc) is 1.85. The minimum absolute atomic E-state index is 0.160. The van der Waals surface area contributed by atoms with E-state index in [-0.39, 0.29) is 12.2 Å². The van der Waals surface area contributed by atoms with E-state index in [0.717, 1.165) is 0 Å². The molecule has 0 radical (unpaired) electrons. The Labute approximate surface area is 77.2 Å². The molecule has 0 aliphatic heterocycles. The van der Waals surface area contributed by atoms with Crippen LogP contribution in [0.25, 0.3) is 0 Å². The number of hydrogen-bond donors (Lipinski definition) is 0. The standard InChI is InChI=1S/C7H4FIN2/c8-5-3-6(1-2-10)11-7(9)4-5/h3-4H,1H2. The Morgan fingerprint density at radius 2 is 2.36 bits per heavy atom. The molecule has 1 aromatic heterocycles. The van der Waals surface area contributed by atoms with Crippen LogP contribution in [0.15, 0.2) is 12.1 Å². The second-order valence-electron chi connectivity index (χ2n) is 1.93. The molecule has 4 heteroatoms. The predicted molar refractivity (Wildman–Crippen MR) is 46.2 cm³/mol. The third-order valence-electron chi connectivity index (χ3n) is 1.07. The first-order valence-corrected chi connectivity index (χ1v) is 3.99. The van der Waals surface area contributed by atoms with Crippen LogP contribution in [0.3, 0.4) is 0 Å². The van der Waals surface area contributed by atoms with Crippen molar-refractivity contribution in [1.82, 2.24) is 4.98 Å². The molecule has 1 aromatic rings. The second-order valence-corrected chi connectivity index (χ2v) is 3.04. The highest BCUT2D eigenvalue weighted by atomic mass is 127. The van der Waals surface area contributed by atoms with E-state index in [4.69, 9.17) is 5.26 Å². The smallest absolute Gasteiger partial charge is 0.127 e. The molecule has 0 aliphatic rings. The predicted octanol–water partition coefficient (Wildman–Crippen LogP) is 1.89. The van der Waals surface area contributed by atoms with E-state index in [1.54, 1.807) is 0 Å². The lowest BCUT2D eigenvalue weighted by Crippen LogP contribution is -1.92. The summed E-state index contributed by atoms with van der Waals surface area (Å²) in [4.78, 5) is 3.95. The Morgan fingerprint density at radius 3 is 2.91 bits per heavy atom. The largest absolute Gasteiger partial charge is 0.246 e. The van der Waals surface area contributed by atoms with Crippen LogP contribution in [0.4, 0.5) is 4.39 Å². The maximum Gasteiger partial charge on any atom is 0.127 e. The van der Waals surface area contributed by atoms with Gasteiger partial charge >= 0.3 is 0 Å². The van der Waals surface area contributed by atoms with Gasteiger partial charge in [-0.15, -0.1) is 0 Å². The minimum Gasteiger partial charge on any atom is -0.246 e. The number of pyridine rings is 1. The Balaban J connectivity index is 3.01. The summed E-state index contributed by atoms with van der Waals surface area (Å²) < 4.78 is 13.2. The number of halogens is 2. The van der Waals surface area contributed by atoms with Crippen molar-refractivity contribution >= 4 is 22.6 Å². The van der Waals surface area contributed by atoms with E-state index in [9.17, 15) is 4.39 Å². The van der Waals surface area contributed by atoms with Gasteiger partial charge in [-0.05, 0) is 28.7 Å². The van der Waals surface area contributed by atoms with Crippen molar-refractivity contribution < 1.29 is 4.39 Å². The fraction of sp³-hybridized carbons (Fsp3) is 0.143. The molecular weight excluding hydrogens is 258 g/mol. The van der Waals surface area contributed by atoms with Gasteiger partial charge in [-0.25, -0.2) is 9.37 Å². The highest BCUT2D eigenvalue weighted by Gasteiger charge is 1.98. The molecule has 0 unspecified atom stereocenters. The molecule has 0 amide bonds. The van der Waals surface area contributed by atoms with Crippen molar-refractivity contribution in [1.29, 1.82) is 5.26 Å². The molecular formula is C7H4FIN2. The zero-order valence-corrected chi connectivity index (χ0v) is 7.67. The topological polar surface area (TPSA) is 36.7 Å². The molecule has 0 N–H and O–H groups in total. The molecule has 56 valence electrons. The average molecular weight is 262 g/mol. The fourth-order valence-electron chi connectivity index (χ4n) is 0.688. The van der Waals surface area contributed by atoms with Crippen molar-refractivity contribution in [3.63, 3.8) is 0 Å². The van der Waals surface area contributed by atoms with Gasteiger partial charge in [0.25, 0.3) is 0 Å². The molecule has 0 spiro atoms. The van der Waals surface area contributed by atoms with Gasteiger partial charge in [0.05, 0.1) is 18.2 Å². The Kier molecular flexibility index (Phi) is 2.76. The SMILES string of the molecule is N#CCc1cc(F)cc(I)n1. The molecule has 2 nitrogen and oxygen atoms in total. The van der Waals surface area contributed by atoms with Gasteiger partial charge < -0.3 is 0 Å². The molecule has 0 saturated carbocycles. The van der Waals surface area contributed by atoms with Crippen LogP contribution in [-0.4, -0.2) is 4.98 Å². The van der Waals surface area contributed by atoms with E-state index >= 15 is 0 Å². The minimum atomic E-state index is -0.338. The summed E-state index contributed by atoms with van der Waals surface area (Å²) in [7, 11) is 0. The summed E-state index contributed by atoms with van der Waals surface area (Å²) in [6, 6.07) is 4.50. The number of hydrogen-bond acceptors (Lipinski definition) is 2. The van der Waals surface area contributed by atoms with Crippen LogP contribution in [-0.2, 0) is 6.42 Å². The van der Waals surface area contributed by atoms with Gasteiger partial charge in [0.15, 0.2) is 0 Å². The monoisotopic (exact) mass is 262 g/mol. The summed E-state index contributed by atoms with van der Waals surface area (Å²) in [6.45, 7) is 0. The third kappa shape index (κ3) is 2.42. The number of nitriles is 1. The summed E-state index contributed by atoms with van der Waals surface area (Å²) in [5, 5.41) is 8.29. The first kappa shape index (κ1) is 8.40. The lowest BCUT2D eigenvalue weighted by atomic mass is 10.3. The Bertz CT molecular complexity index is 286. The van der Waals surface area contributed by atoms with Gasteiger partial charge in [0.2, 0.25) is 0 Å². The molecule has 1 heterocycles. The number of rotatable bonds is 1. The molecule has 0 fully saturated rings.